The number of thiazole rings is 1. The number of nitrogens with zero attached hydrogens (tertiary/aromatic N) is 1. The van der Waals surface area contributed by atoms with Crippen LogP contribution in [0.15, 0.2) is 0 Å². The van der Waals surface area contributed by atoms with E-state index in [1.807, 2.05) is 11.3 Å². The molecule has 80 valence electrons. The van der Waals surface area contributed by atoms with E-state index in [2.05, 4.69) is 38.0 Å². The average molecular weight is 212 g/mol. The summed E-state index contributed by atoms with van der Waals surface area (Å²) in [5.41, 5.74) is 1.26. The molecule has 1 N–H and O–H groups in total. The molecule has 0 radical (unpaired) electrons. The summed E-state index contributed by atoms with van der Waals surface area (Å²) in [6.07, 6.45) is 2.22. The molecule has 3 heteroatoms. The molecule has 1 rings (SSSR count). The number of aromatic nitrogens is 1. The fourth-order valence-corrected chi connectivity index (χ4v) is 2.45. The fourth-order valence-electron chi connectivity index (χ4n) is 1.41. The molecule has 0 fully saturated rings. The summed E-state index contributed by atoms with van der Waals surface area (Å²) in [6, 6.07) is 0.402. The highest BCUT2D eigenvalue weighted by Crippen LogP contribution is 2.23. The Morgan fingerprint density at radius 1 is 1.43 bits per heavy atom. The zero-order chi connectivity index (χ0) is 10.6. The van der Waals surface area contributed by atoms with Crippen molar-refractivity contribution in [3.8, 4) is 0 Å². The van der Waals surface area contributed by atoms with Gasteiger partial charge in [-0.25, -0.2) is 4.98 Å². The highest BCUT2D eigenvalue weighted by Gasteiger charge is 2.11. The van der Waals surface area contributed by atoms with E-state index < -0.39 is 0 Å². The molecule has 0 aromatic carbocycles. The lowest BCUT2D eigenvalue weighted by atomic mass is 10.3. The van der Waals surface area contributed by atoms with Crippen molar-refractivity contribution >= 4 is 11.3 Å². The number of hydrogen-bond donors (Lipinski definition) is 1. The molecular weight excluding hydrogens is 192 g/mol. The van der Waals surface area contributed by atoms with Gasteiger partial charge in [-0.3, -0.25) is 0 Å². The zero-order valence-corrected chi connectivity index (χ0v) is 10.4. The highest BCUT2D eigenvalue weighted by atomic mass is 32.1. The summed E-state index contributed by atoms with van der Waals surface area (Å²) in [5.74, 6) is 0. The van der Waals surface area contributed by atoms with Crippen molar-refractivity contribution < 1.29 is 0 Å². The van der Waals surface area contributed by atoms with E-state index in [1.54, 1.807) is 0 Å². The van der Waals surface area contributed by atoms with Crippen LogP contribution in [-0.2, 0) is 6.42 Å². The Bertz CT molecular complexity index is 281. The van der Waals surface area contributed by atoms with E-state index >= 15 is 0 Å². The molecule has 1 aromatic rings. The summed E-state index contributed by atoms with van der Waals surface area (Å²) >= 11 is 1.82. The molecule has 1 aromatic heterocycles. The van der Waals surface area contributed by atoms with Crippen LogP contribution in [0.25, 0.3) is 0 Å². The van der Waals surface area contributed by atoms with Gasteiger partial charge in [0.2, 0.25) is 0 Å². The van der Waals surface area contributed by atoms with Crippen LogP contribution < -0.4 is 5.32 Å². The van der Waals surface area contributed by atoms with E-state index in [0.29, 0.717) is 6.04 Å². The Morgan fingerprint density at radius 3 is 2.64 bits per heavy atom. The Hall–Kier alpha value is -0.410. The second-order valence-electron chi connectivity index (χ2n) is 3.58. The van der Waals surface area contributed by atoms with Crippen LogP contribution in [0.1, 0.15) is 48.8 Å². The third kappa shape index (κ3) is 2.79. The predicted octanol–water partition coefficient (Wildman–Crippen LogP) is 3.07. The van der Waals surface area contributed by atoms with Gasteiger partial charge in [-0.1, -0.05) is 13.8 Å². The maximum Gasteiger partial charge on any atom is 0.110 e. The van der Waals surface area contributed by atoms with Gasteiger partial charge in [0.1, 0.15) is 5.01 Å². The largest absolute Gasteiger partial charge is 0.308 e. The number of hydrogen-bond acceptors (Lipinski definition) is 3. The zero-order valence-electron chi connectivity index (χ0n) is 9.55. The first-order valence-electron chi connectivity index (χ1n) is 5.38. The first kappa shape index (κ1) is 11.7. The van der Waals surface area contributed by atoms with Crippen LogP contribution in [-0.4, -0.2) is 11.5 Å². The van der Waals surface area contributed by atoms with Crippen molar-refractivity contribution in [2.45, 2.75) is 46.6 Å². The molecule has 0 aliphatic heterocycles. The summed E-state index contributed by atoms with van der Waals surface area (Å²) in [6.45, 7) is 9.77. The summed E-state index contributed by atoms with van der Waals surface area (Å²) in [5, 5.41) is 4.69. The van der Waals surface area contributed by atoms with Crippen molar-refractivity contribution in [3.05, 3.63) is 15.6 Å². The predicted molar refractivity (Wildman–Crippen MR) is 62.9 cm³/mol. The van der Waals surface area contributed by atoms with Crippen LogP contribution in [0.3, 0.4) is 0 Å². The van der Waals surface area contributed by atoms with Gasteiger partial charge in [0.15, 0.2) is 0 Å². The van der Waals surface area contributed by atoms with Crippen molar-refractivity contribution in [1.82, 2.24) is 10.3 Å². The molecule has 1 atom stereocenters. The van der Waals surface area contributed by atoms with Crippen LogP contribution in [0.2, 0.25) is 0 Å². The van der Waals surface area contributed by atoms with Crippen molar-refractivity contribution in [2.75, 3.05) is 6.54 Å². The Morgan fingerprint density at radius 2 is 2.14 bits per heavy atom. The van der Waals surface area contributed by atoms with E-state index in [4.69, 9.17) is 0 Å². The maximum absolute atomic E-state index is 4.64. The van der Waals surface area contributed by atoms with Gasteiger partial charge in [0, 0.05) is 4.88 Å². The maximum atomic E-state index is 4.64. The summed E-state index contributed by atoms with van der Waals surface area (Å²) in [7, 11) is 0. The molecule has 0 spiro atoms. The number of rotatable bonds is 5. The van der Waals surface area contributed by atoms with Crippen LogP contribution in [0, 0.1) is 6.92 Å². The molecule has 14 heavy (non-hydrogen) atoms. The second-order valence-corrected chi connectivity index (χ2v) is 4.82. The second kappa shape index (κ2) is 5.47. The Kier molecular flexibility index (Phi) is 4.55. The Labute approximate surface area is 90.8 Å². The van der Waals surface area contributed by atoms with Gasteiger partial charge in [-0.05, 0) is 33.2 Å². The van der Waals surface area contributed by atoms with Crippen molar-refractivity contribution in [1.29, 1.82) is 0 Å². The van der Waals surface area contributed by atoms with Crippen molar-refractivity contribution in [2.24, 2.45) is 0 Å². The lowest BCUT2D eigenvalue weighted by Gasteiger charge is -2.09. The molecule has 1 heterocycles. The summed E-state index contributed by atoms with van der Waals surface area (Å²) in [4.78, 5) is 6.01. The lowest BCUT2D eigenvalue weighted by molar-refractivity contribution is 0.567. The van der Waals surface area contributed by atoms with Gasteiger partial charge in [0.05, 0.1) is 11.7 Å². The molecule has 0 bridgehead atoms. The minimum absolute atomic E-state index is 0.402. The lowest BCUT2D eigenvalue weighted by Crippen LogP contribution is -2.19. The minimum atomic E-state index is 0.402. The van der Waals surface area contributed by atoms with Crippen LogP contribution in [0.5, 0.6) is 0 Å². The normalized spacial score (nSPS) is 13.1. The monoisotopic (exact) mass is 212 g/mol. The molecule has 0 saturated heterocycles. The standard InChI is InChI=1S/C11H20N2S/c1-5-7-12-8(3)11-13-10(6-2)9(4)14-11/h8,12H,5-7H2,1-4H3. The smallest absolute Gasteiger partial charge is 0.110 e. The third-order valence-corrected chi connectivity index (χ3v) is 3.51. The third-order valence-electron chi connectivity index (χ3n) is 2.32. The minimum Gasteiger partial charge on any atom is -0.308 e. The molecule has 0 amide bonds. The quantitative estimate of drug-likeness (QED) is 0.811. The van der Waals surface area contributed by atoms with Crippen LogP contribution >= 0.6 is 11.3 Å². The molecule has 0 saturated carbocycles. The first-order chi connectivity index (χ1) is 6.69. The molecule has 1 unspecified atom stereocenters. The van der Waals surface area contributed by atoms with Crippen LogP contribution in [0.4, 0.5) is 0 Å². The first-order valence-corrected chi connectivity index (χ1v) is 6.20. The molecule has 2 nitrogen and oxygen atoms in total. The van der Waals surface area contributed by atoms with Gasteiger partial charge in [0.25, 0.3) is 0 Å². The average Bonchev–Trinajstić information content (AvgIpc) is 2.56. The van der Waals surface area contributed by atoms with E-state index in [0.717, 1.165) is 13.0 Å². The van der Waals surface area contributed by atoms with E-state index in [1.165, 1.54) is 22.0 Å². The molecular formula is C11H20N2S. The van der Waals surface area contributed by atoms with Gasteiger partial charge >= 0.3 is 0 Å². The van der Waals surface area contributed by atoms with E-state index in [9.17, 15) is 0 Å². The topological polar surface area (TPSA) is 24.9 Å². The van der Waals surface area contributed by atoms with Gasteiger partial charge in [-0.15, -0.1) is 11.3 Å². The number of aryl methyl sites for hydroxylation is 2. The fraction of sp³-hybridized carbons (Fsp3) is 0.727. The summed E-state index contributed by atoms with van der Waals surface area (Å²) < 4.78 is 0. The SMILES string of the molecule is CCCNC(C)c1nc(CC)c(C)s1. The van der Waals surface area contributed by atoms with E-state index in [-0.39, 0.29) is 0 Å². The highest BCUT2D eigenvalue weighted by molar-refractivity contribution is 7.11. The molecule has 0 aliphatic carbocycles. The van der Waals surface area contributed by atoms with Crippen molar-refractivity contribution in [3.63, 3.8) is 0 Å². The molecule has 0 aliphatic rings. The number of nitrogens with one attached hydrogen (secondary N) is 1. The Balaban J connectivity index is 2.65. The van der Waals surface area contributed by atoms with Gasteiger partial charge in [-0.2, -0.15) is 0 Å². The van der Waals surface area contributed by atoms with Gasteiger partial charge < -0.3 is 5.32 Å².